The second-order valence-electron chi connectivity index (χ2n) is 3.11. The molecule has 0 spiro atoms. The lowest BCUT2D eigenvalue weighted by molar-refractivity contribution is 0.228. The minimum absolute atomic E-state index is 0.258. The highest BCUT2D eigenvalue weighted by atomic mass is 16.5. The molecule has 2 rings (SSSR count). The van der Waals surface area contributed by atoms with E-state index in [0.29, 0.717) is 5.75 Å². The van der Waals surface area contributed by atoms with Gasteiger partial charge < -0.3 is 9.84 Å². The number of fused-ring (bicyclic) bond motifs is 1. The average molecular weight is 164 g/mol. The van der Waals surface area contributed by atoms with Crippen LogP contribution in [0.1, 0.15) is 18.9 Å². The molecule has 0 amide bonds. The van der Waals surface area contributed by atoms with Gasteiger partial charge in [-0.05, 0) is 18.6 Å². The summed E-state index contributed by atoms with van der Waals surface area (Å²) in [5.41, 5.74) is 0.962. The molecule has 0 fully saturated rings. The number of benzene rings is 1. The van der Waals surface area contributed by atoms with Crippen molar-refractivity contribution in [3.63, 3.8) is 0 Å². The summed E-state index contributed by atoms with van der Waals surface area (Å²) < 4.78 is 5.58. The van der Waals surface area contributed by atoms with E-state index in [1.165, 1.54) is 0 Å². The molecular formula is C10H12O2. The fourth-order valence-electron chi connectivity index (χ4n) is 1.55. The molecule has 0 saturated carbocycles. The van der Waals surface area contributed by atoms with Gasteiger partial charge >= 0.3 is 0 Å². The number of phenolic OH excluding ortho intramolecular Hbond substituents is 1. The van der Waals surface area contributed by atoms with Crippen molar-refractivity contribution in [2.75, 3.05) is 0 Å². The molecule has 1 aliphatic heterocycles. The number of hydrogen-bond acceptors (Lipinski definition) is 2. The maximum atomic E-state index is 9.46. The van der Waals surface area contributed by atoms with Gasteiger partial charge in [0.05, 0.1) is 0 Å². The van der Waals surface area contributed by atoms with E-state index in [2.05, 4.69) is 6.92 Å². The van der Waals surface area contributed by atoms with Crippen LogP contribution >= 0.6 is 0 Å². The number of aromatic hydroxyl groups is 1. The molecule has 1 N–H and O–H groups in total. The smallest absolute Gasteiger partial charge is 0.126 e. The zero-order chi connectivity index (χ0) is 8.55. The Morgan fingerprint density at radius 1 is 1.58 bits per heavy atom. The first-order valence-electron chi connectivity index (χ1n) is 4.28. The lowest BCUT2D eigenvalue weighted by atomic mass is 10.1. The summed E-state index contributed by atoms with van der Waals surface area (Å²) in [5.74, 6) is 1.21. The standard InChI is InChI=1S/C10H12O2/c1-2-7-6-8-9(11)4-3-5-10(8)12-7/h3-5,7,11H,2,6H2,1H3. The molecule has 0 bridgehead atoms. The van der Waals surface area contributed by atoms with Crippen molar-refractivity contribution in [2.24, 2.45) is 0 Å². The van der Waals surface area contributed by atoms with Gasteiger partial charge in [0.1, 0.15) is 17.6 Å². The molecule has 0 aromatic heterocycles. The lowest BCUT2D eigenvalue weighted by Gasteiger charge is -2.05. The lowest BCUT2D eigenvalue weighted by Crippen LogP contribution is -2.10. The van der Waals surface area contributed by atoms with Crippen LogP contribution in [0, 0.1) is 0 Å². The zero-order valence-corrected chi connectivity index (χ0v) is 7.08. The van der Waals surface area contributed by atoms with Crippen molar-refractivity contribution in [1.82, 2.24) is 0 Å². The van der Waals surface area contributed by atoms with E-state index in [1.807, 2.05) is 12.1 Å². The minimum atomic E-state index is 0.258. The van der Waals surface area contributed by atoms with E-state index in [0.717, 1.165) is 24.2 Å². The highest BCUT2D eigenvalue weighted by Gasteiger charge is 2.23. The summed E-state index contributed by atoms with van der Waals surface area (Å²) in [7, 11) is 0. The second-order valence-corrected chi connectivity index (χ2v) is 3.11. The van der Waals surface area contributed by atoms with Gasteiger partial charge in [0.25, 0.3) is 0 Å². The monoisotopic (exact) mass is 164 g/mol. The number of rotatable bonds is 1. The Bertz CT molecular complexity index is 294. The topological polar surface area (TPSA) is 29.5 Å². The molecule has 0 radical (unpaired) electrons. The Labute approximate surface area is 71.8 Å². The van der Waals surface area contributed by atoms with Crippen molar-refractivity contribution in [3.05, 3.63) is 23.8 Å². The van der Waals surface area contributed by atoms with Gasteiger partial charge in [0.2, 0.25) is 0 Å². The highest BCUT2D eigenvalue weighted by Crippen LogP contribution is 2.35. The van der Waals surface area contributed by atoms with Crippen LogP contribution in [-0.4, -0.2) is 11.2 Å². The van der Waals surface area contributed by atoms with Crippen LogP contribution in [-0.2, 0) is 6.42 Å². The SMILES string of the molecule is CCC1Cc2c(O)cccc2O1. The fraction of sp³-hybridized carbons (Fsp3) is 0.400. The first-order valence-corrected chi connectivity index (χ1v) is 4.28. The first kappa shape index (κ1) is 7.47. The normalized spacial score (nSPS) is 20.2. The van der Waals surface area contributed by atoms with E-state index in [1.54, 1.807) is 6.07 Å². The third-order valence-electron chi connectivity index (χ3n) is 2.29. The Morgan fingerprint density at radius 3 is 3.08 bits per heavy atom. The van der Waals surface area contributed by atoms with Crippen molar-refractivity contribution < 1.29 is 9.84 Å². The van der Waals surface area contributed by atoms with Crippen molar-refractivity contribution in [2.45, 2.75) is 25.9 Å². The fourth-order valence-corrected chi connectivity index (χ4v) is 1.55. The third kappa shape index (κ3) is 1.04. The van der Waals surface area contributed by atoms with E-state index >= 15 is 0 Å². The van der Waals surface area contributed by atoms with Crippen LogP contribution in [0.5, 0.6) is 11.5 Å². The van der Waals surface area contributed by atoms with Crippen molar-refractivity contribution >= 4 is 0 Å². The highest BCUT2D eigenvalue weighted by molar-refractivity contribution is 5.46. The van der Waals surface area contributed by atoms with Crippen LogP contribution in [0.15, 0.2) is 18.2 Å². The number of phenols is 1. The molecule has 12 heavy (non-hydrogen) atoms. The molecule has 1 aromatic rings. The maximum Gasteiger partial charge on any atom is 0.126 e. The van der Waals surface area contributed by atoms with Crippen LogP contribution in [0.2, 0.25) is 0 Å². The van der Waals surface area contributed by atoms with Gasteiger partial charge in [0.15, 0.2) is 0 Å². The molecular weight excluding hydrogens is 152 g/mol. The molecule has 0 aliphatic carbocycles. The Kier molecular flexibility index (Phi) is 1.68. The summed E-state index contributed by atoms with van der Waals surface area (Å²) in [5, 5.41) is 9.46. The summed E-state index contributed by atoms with van der Waals surface area (Å²) in [6.45, 7) is 2.09. The molecule has 64 valence electrons. The molecule has 1 aromatic carbocycles. The van der Waals surface area contributed by atoms with Crippen LogP contribution in [0.4, 0.5) is 0 Å². The molecule has 1 aliphatic rings. The average Bonchev–Trinajstić information content (AvgIpc) is 2.49. The van der Waals surface area contributed by atoms with Gasteiger partial charge in [-0.3, -0.25) is 0 Å². The van der Waals surface area contributed by atoms with Gasteiger partial charge in [-0.15, -0.1) is 0 Å². The van der Waals surface area contributed by atoms with Crippen LogP contribution < -0.4 is 4.74 Å². The van der Waals surface area contributed by atoms with E-state index in [4.69, 9.17) is 4.74 Å². The first-order chi connectivity index (χ1) is 5.81. The van der Waals surface area contributed by atoms with Crippen molar-refractivity contribution in [1.29, 1.82) is 0 Å². The quantitative estimate of drug-likeness (QED) is 0.688. The summed E-state index contributed by atoms with van der Waals surface area (Å²) in [6, 6.07) is 5.43. The van der Waals surface area contributed by atoms with Crippen LogP contribution in [0.25, 0.3) is 0 Å². The third-order valence-corrected chi connectivity index (χ3v) is 2.29. The van der Waals surface area contributed by atoms with Crippen molar-refractivity contribution in [3.8, 4) is 11.5 Å². The summed E-state index contributed by atoms with van der Waals surface area (Å²) >= 11 is 0. The van der Waals surface area contributed by atoms with Gasteiger partial charge in [-0.1, -0.05) is 13.0 Å². The van der Waals surface area contributed by atoms with E-state index < -0.39 is 0 Å². The maximum absolute atomic E-state index is 9.46. The zero-order valence-electron chi connectivity index (χ0n) is 7.08. The molecule has 0 saturated heterocycles. The molecule has 1 unspecified atom stereocenters. The van der Waals surface area contributed by atoms with E-state index in [9.17, 15) is 5.11 Å². The summed E-state index contributed by atoms with van der Waals surface area (Å²) in [6.07, 6.45) is 2.10. The predicted molar refractivity (Wildman–Crippen MR) is 46.5 cm³/mol. The van der Waals surface area contributed by atoms with Gasteiger partial charge in [0, 0.05) is 12.0 Å². The number of hydrogen-bond donors (Lipinski definition) is 1. The number of ether oxygens (including phenoxy) is 1. The molecule has 1 heterocycles. The van der Waals surface area contributed by atoms with E-state index in [-0.39, 0.29) is 6.10 Å². The Balaban J connectivity index is 2.35. The molecule has 2 heteroatoms. The summed E-state index contributed by atoms with van der Waals surface area (Å²) in [4.78, 5) is 0. The van der Waals surface area contributed by atoms with Gasteiger partial charge in [-0.2, -0.15) is 0 Å². The molecule has 1 atom stereocenters. The van der Waals surface area contributed by atoms with Gasteiger partial charge in [-0.25, -0.2) is 0 Å². The largest absolute Gasteiger partial charge is 0.508 e. The second kappa shape index (κ2) is 2.70. The Morgan fingerprint density at radius 2 is 2.42 bits per heavy atom. The predicted octanol–water partition coefficient (Wildman–Crippen LogP) is 2.11. The minimum Gasteiger partial charge on any atom is -0.508 e. The van der Waals surface area contributed by atoms with Crippen LogP contribution in [0.3, 0.4) is 0 Å². The Hall–Kier alpha value is -1.18. The molecule has 2 nitrogen and oxygen atoms in total.